The number of carbonyl (C=O) groups is 1. The van der Waals surface area contributed by atoms with E-state index in [1.807, 2.05) is 66.7 Å². The van der Waals surface area contributed by atoms with E-state index >= 15 is 0 Å². The Morgan fingerprint density at radius 1 is 0.853 bits per heavy atom. The number of benzene rings is 3. The van der Waals surface area contributed by atoms with E-state index in [2.05, 4.69) is 31.7 Å². The van der Waals surface area contributed by atoms with Crippen molar-refractivity contribution in [2.75, 3.05) is 0 Å². The molecule has 2 N–H and O–H groups in total. The zero-order valence-electron chi connectivity index (χ0n) is 18.0. The standard InChI is InChI=1S/C27H19N5O2/c33-25(23-17-21(11-15-26(23)34)27-29-31-32-30-27)14-9-19-5-3-4-18(16-19)8-12-22-13-10-20-6-1-2-7-24(20)28-22/h1-17,34H,(H,29,30,31,32)/b12-8+,14-9+. The summed E-state index contributed by atoms with van der Waals surface area (Å²) in [6.45, 7) is 0. The van der Waals surface area contributed by atoms with Gasteiger partial charge in [-0.2, -0.15) is 5.21 Å². The van der Waals surface area contributed by atoms with Crippen molar-refractivity contribution in [3.63, 3.8) is 0 Å². The highest BCUT2D eigenvalue weighted by Crippen LogP contribution is 2.24. The summed E-state index contributed by atoms with van der Waals surface area (Å²) >= 11 is 0. The van der Waals surface area contributed by atoms with E-state index in [1.165, 1.54) is 12.1 Å². The van der Waals surface area contributed by atoms with Crippen LogP contribution in [-0.2, 0) is 0 Å². The Morgan fingerprint density at radius 3 is 2.56 bits per heavy atom. The Hall–Kier alpha value is -4.91. The fourth-order valence-corrected chi connectivity index (χ4v) is 3.54. The number of aromatic hydroxyl groups is 1. The van der Waals surface area contributed by atoms with Gasteiger partial charge in [-0.3, -0.25) is 4.79 Å². The average molecular weight is 445 g/mol. The summed E-state index contributed by atoms with van der Waals surface area (Å²) in [7, 11) is 0. The molecule has 0 spiro atoms. The summed E-state index contributed by atoms with van der Waals surface area (Å²) in [5.41, 5.74) is 4.40. The number of hydrogen-bond acceptors (Lipinski definition) is 6. The van der Waals surface area contributed by atoms with Crippen molar-refractivity contribution >= 4 is 34.9 Å². The second-order valence-corrected chi connectivity index (χ2v) is 7.60. The quantitative estimate of drug-likeness (QED) is 0.275. The number of nitrogens with one attached hydrogen (secondary N) is 1. The number of tetrazole rings is 1. The molecule has 0 aliphatic rings. The van der Waals surface area contributed by atoms with E-state index in [0.717, 1.165) is 27.7 Å². The van der Waals surface area contributed by atoms with Gasteiger partial charge in [0.1, 0.15) is 5.75 Å². The SMILES string of the molecule is O=C(/C=C/c1cccc(/C=C/c2ccc3ccccc3n2)c1)c1cc(-c2nn[nH]n2)ccc1O. The van der Waals surface area contributed by atoms with Gasteiger partial charge in [-0.1, -0.05) is 54.6 Å². The van der Waals surface area contributed by atoms with E-state index in [-0.39, 0.29) is 17.1 Å². The van der Waals surface area contributed by atoms with Crippen molar-refractivity contribution in [2.24, 2.45) is 0 Å². The molecule has 164 valence electrons. The van der Waals surface area contributed by atoms with Crippen molar-refractivity contribution in [3.8, 4) is 17.1 Å². The first kappa shape index (κ1) is 21.0. The van der Waals surface area contributed by atoms with Crippen molar-refractivity contribution in [1.82, 2.24) is 25.6 Å². The molecule has 0 saturated carbocycles. The monoisotopic (exact) mass is 445 g/mol. The van der Waals surface area contributed by atoms with Gasteiger partial charge in [0.15, 0.2) is 5.78 Å². The molecular formula is C27H19N5O2. The lowest BCUT2D eigenvalue weighted by Crippen LogP contribution is -1.96. The fraction of sp³-hybridized carbons (Fsp3) is 0. The van der Waals surface area contributed by atoms with Crippen LogP contribution >= 0.6 is 0 Å². The number of pyridine rings is 1. The zero-order chi connectivity index (χ0) is 23.3. The summed E-state index contributed by atoms with van der Waals surface area (Å²) in [5, 5.41) is 25.0. The number of aromatic amines is 1. The van der Waals surface area contributed by atoms with Crippen LogP contribution in [0.5, 0.6) is 5.75 Å². The molecule has 34 heavy (non-hydrogen) atoms. The molecule has 5 rings (SSSR count). The summed E-state index contributed by atoms with van der Waals surface area (Å²) in [6.07, 6.45) is 7.09. The Kier molecular flexibility index (Phi) is 5.73. The van der Waals surface area contributed by atoms with Gasteiger partial charge in [0.05, 0.1) is 16.8 Å². The van der Waals surface area contributed by atoms with Crippen molar-refractivity contribution in [2.45, 2.75) is 0 Å². The topological polar surface area (TPSA) is 105 Å². The van der Waals surface area contributed by atoms with Crippen molar-refractivity contribution in [3.05, 3.63) is 107 Å². The van der Waals surface area contributed by atoms with Crippen LogP contribution in [0.15, 0.2) is 84.9 Å². The summed E-state index contributed by atoms with van der Waals surface area (Å²) in [5.74, 6) is -0.0935. The molecule has 0 bridgehead atoms. The van der Waals surface area contributed by atoms with E-state index in [0.29, 0.717) is 11.4 Å². The number of allylic oxidation sites excluding steroid dienone is 1. The highest BCUT2D eigenvalue weighted by molar-refractivity contribution is 6.09. The lowest BCUT2D eigenvalue weighted by atomic mass is 10.0. The molecule has 0 unspecified atom stereocenters. The van der Waals surface area contributed by atoms with Crippen LogP contribution in [0.1, 0.15) is 27.2 Å². The molecule has 0 aliphatic heterocycles. The van der Waals surface area contributed by atoms with Crippen LogP contribution in [0, 0.1) is 0 Å². The first-order valence-electron chi connectivity index (χ1n) is 10.6. The predicted molar refractivity (Wildman–Crippen MR) is 132 cm³/mol. The molecule has 0 radical (unpaired) electrons. The van der Waals surface area contributed by atoms with E-state index < -0.39 is 0 Å². The Bertz CT molecular complexity index is 1540. The maximum Gasteiger partial charge on any atom is 0.204 e. The lowest BCUT2D eigenvalue weighted by Gasteiger charge is -2.03. The molecule has 7 nitrogen and oxygen atoms in total. The number of rotatable bonds is 6. The molecular weight excluding hydrogens is 426 g/mol. The number of carbonyl (C=O) groups excluding carboxylic acids is 1. The molecule has 0 saturated heterocycles. The molecule has 2 aromatic heterocycles. The van der Waals surface area contributed by atoms with Crippen molar-refractivity contribution < 1.29 is 9.90 Å². The molecule has 7 heteroatoms. The van der Waals surface area contributed by atoms with Crippen LogP contribution < -0.4 is 0 Å². The number of ketones is 1. The summed E-state index contributed by atoms with van der Waals surface area (Å²) in [4.78, 5) is 17.4. The maximum atomic E-state index is 12.7. The highest BCUT2D eigenvalue weighted by atomic mass is 16.3. The number of nitrogens with zero attached hydrogens (tertiary/aromatic N) is 4. The Labute approximate surface area is 195 Å². The Morgan fingerprint density at radius 2 is 1.71 bits per heavy atom. The van der Waals surface area contributed by atoms with Crippen LogP contribution in [0.4, 0.5) is 0 Å². The molecule has 0 amide bonds. The van der Waals surface area contributed by atoms with Gasteiger partial charge in [-0.05, 0) is 64.9 Å². The smallest absolute Gasteiger partial charge is 0.204 e. The molecule has 0 aliphatic carbocycles. The van der Waals surface area contributed by atoms with E-state index in [9.17, 15) is 9.90 Å². The number of fused-ring (bicyclic) bond motifs is 1. The van der Waals surface area contributed by atoms with Gasteiger partial charge in [0.25, 0.3) is 0 Å². The third kappa shape index (κ3) is 4.63. The molecule has 0 atom stereocenters. The third-order valence-corrected chi connectivity index (χ3v) is 5.27. The number of H-pyrrole nitrogens is 1. The minimum absolute atomic E-state index is 0.110. The largest absolute Gasteiger partial charge is 0.507 e. The second kappa shape index (κ2) is 9.30. The van der Waals surface area contributed by atoms with Crippen molar-refractivity contribution in [1.29, 1.82) is 0 Å². The second-order valence-electron chi connectivity index (χ2n) is 7.60. The fourth-order valence-electron chi connectivity index (χ4n) is 3.54. The minimum Gasteiger partial charge on any atom is -0.507 e. The maximum absolute atomic E-state index is 12.7. The molecule has 3 aromatic carbocycles. The average Bonchev–Trinajstić information content (AvgIpc) is 3.41. The highest BCUT2D eigenvalue weighted by Gasteiger charge is 2.12. The molecule has 2 heterocycles. The predicted octanol–water partition coefficient (Wildman–Crippen LogP) is 5.19. The first-order valence-corrected chi connectivity index (χ1v) is 10.6. The van der Waals surface area contributed by atoms with E-state index in [4.69, 9.17) is 0 Å². The van der Waals surface area contributed by atoms with Gasteiger partial charge in [-0.25, -0.2) is 4.98 Å². The van der Waals surface area contributed by atoms with Crippen LogP contribution in [-0.4, -0.2) is 36.5 Å². The van der Waals surface area contributed by atoms with Crippen LogP contribution in [0.3, 0.4) is 0 Å². The number of aromatic nitrogens is 5. The third-order valence-electron chi connectivity index (χ3n) is 5.27. The number of hydrogen-bond donors (Lipinski definition) is 2. The number of para-hydroxylation sites is 1. The molecule has 0 fully saturated rings. The Balaban J connectivity index is 1.33. The minimum atomic E-state index is -0.329. The summed E-state index contributed by atoms with van der Waals surface area (Å²) < 4.78 is 0. The van der Waals surface area contributed by atoms with Gasteiger partial charge >= 0.3 is 0 Å². The zero-order valence-corrected chi connectivity index (χ0v) is 18.0. The van der Waals surface area contributed by atoms with Crippen LogP contribution in [0.2, 0.25) is 0 Å². The molecule has 5 aromatic rings. The summed E-state index contributed by atoms with van der Waals surface area (Å²) in [6, 6.07) is 24.4. The number of phenolic OH excluding ortho intramolecular Hbond substituents is 1. The van der Waals surface area contributed by atoms with Crippen LogP contribution in [0.25, 0.3) is 40.5 Å². The normalized spacial score (nSPS) is 11.5. The number of phenols is 1. The van der Waals surface area contributed by atoms with Gasteiger partial charge in [0, 0.05) is 10.9 Å². The van der Waals surface area contributed by atoms with Gasteiger partial charge in [0.2, 0.25) is 5.82 Å². The van der Waals surface area contributed by atoms with Gasteiger partial charge in [-0.15, -0.1) is 10.2 Å². The van der Waals surface area contributed by atoms with Gasteiger partial charge < -0.3 is 5.11 Å². The lowest BCUT2D eigenvalue weighted by molar-refractivity contribution is 0.104. The van der Waals surface area contributed by atoms with E-state index in [1.54, 1.807) is 18.2 Å². The first-order chi connectivity index (χ1) is 16.7.